The van der Waals surface area contributed by atoms with Gasteiger partial charge < -0.3 is 13.7 Å². The summed E-state index contributed by atoms with van der Waals surface area (Å²) in [4.78, 5) is 0. The Morgan fingerprint density at radius 3 is 1.06 bits per heavy atom. The summed E-state index contributed by atoms with van der Waals surface area (Å²) in [6.45, 7) is 2.08. The Morgan fingerprint density at radius 1 is 0.250 bits per heavy atom. The van der Waals surface area contributed by atoms with Crippen LogP contribution in [0.25, 0.3) is 134 Å². The number of rotatable bonds is 4. The summed E-state index contributed by atoms with van der Waals surface area (Å²) in [5.41, 5.74) is 14.7. The first-order valence-corrected chi connectivity index (χ1v) is 26.2. The lowest BCUT2D eigenvalue weighted by Crippen LogP contribution is -1.95. The zero-order valence-corrected chi connectivity index (χ0v) is 40.9. The molecule has 72 heavy (non-hydrogen) atoms. The predicted octanol–water partition coefficient (Wildman–Crippen LogP) is 19.4. The van der Waals surface area contributed by atoms with Gasteiger partial charge in [0.15, 0.2) is 0 Å². The predicted molar refractivity (Wildman–Crippen MR) is 312 cm³/mol. The minimum atomic E-state index is 1.20. The molecule has 0 aliphatic carbocycles. The average Bonchev–Trinajstić information content (AvgIpc) is 4.25. The van der Waals surface area contributed by atoms with E-state index in [1.807, 2.05) is 40.9 Å². The fraction of sp³-hybridized carbons (Fsp3) is 0.0149. The first-order chi connectivity index (χ1) is 35.7. The van der Waals surface area contributed by atoms with Crippen molar-refractivity contribution in [2.24, 2.45) is 0 Å². The van der Waals surface area contributed by atoms with Crippen molar-refractivity contribution in [2.45, 2.75) is 6.92 Å². The highest BCUT2D eigenvalue weighted by Crippen LogP contribution is 2.48. The van der Waals surface area contributed by atoms with Crippen LogP contribution in [0.4, 0.5) is 0 Å². The fourth-order valence-corrected chi connectivity index (χ4v) is 14.1. The van der Waals surface area contributed by atoms with E-state index in [1.165, 1.54) is 140 Å². The molecule has 0 amide bonds. The summed E-state index contributed by atoms with van der Waals surface area (Å²) in [6.07, 6.45) is 0. The lowest BCUT2D eigenvalue weighted by Gasteiger charge is -2.13. The van der Waals surface area contributed by atoms with Crippen molar-refractivity contribution in [3.8, 4) is 28.2 Å². The second-order valence-corrected chi connectivity index (χ2v) is 20.9. The van der Waals surface area contributed by atoms with Crippen LogP contribution >= 0.6 is 22.7 Å². The number of nitrogens with zero attached hydrogens (tertiary/aromatic N) is 3. The number of fused-ring (bicyclic) bond motifs is 15. The normalized spacial score (nSPS) is 12.0. The molecule has 0 spiro atoms. The SMILES string of the molecule is Cc1ccccc1.c1cc(-n2c3ccccc3c3ccccc32)c2sc3ccc(-c4cc(-n5c6ccccc6c6ccccc65)c5sc6c(-n7c8ccccc8c8ccccc87)cccc6c5c4)cc3c2c1. The van der Waals surface area contributed by atoms with Crippen molar-refractivity contribution in [3.05, 3.63) is 248 Å². The van der Waals surface area contributed by atoms with Gasteiger partial charge in [0.2, 0.25) is 0 Å². The maximum Gasteiger partial charge on any atom is 0.0647 e. The van der Waals surface area contributed by atoms with Crippen molar-refractivity contribution in [2.75, 3.05) is 0 Å². The highest BCUT2D eigenvalue weighted by molar-refractivity contribution is 7.27. The molecule has 0 fully saturated rings. The zero-order valence-electron chi connectivity index (χ0n) is 39.3. The second kappa shape index (κ2) is 16.2. The quantitative estimate of drug-likeness (QED) is 0.167. The molecule has 0 aliphatic rings. The minimum Gasteiger partial charge on any atom is -0.308 e. The smallest absolute Gasteiger partial charge is 0.0647 e. The monoisotopic (exact) mass is 953 g/mol. The first kappa shape index (κ1) is 41.1. The lowest BCUT2D eigenvalue weighted by atomic mass is 9.99. The molecule has 0 atom stereocenters. The van der Waals surface area contributed by atoms with Crippen LogP contribution < -0.4 is 0 Å². The summed E-state index contributed by atoms with van der Waals surface area (Å²) < 4.78 is 12.6. The number of hydrogen-bond acceptors (Lipinski definition) is 2. The van der Waals surface area contributed by atoms with Crippen LogP contribution in [-0.2, 0) is 0 Å². The molecule has 0 unspecified atom stereocenters. The fourth-order valence-electron chi connectivity index (χ4n) is 11.6. The number of benzene rings is 11. The Balaban J connectivity index is 0.000000612. The molecule has 11 aromatic carbocycles. The molecular formula is C67H43N3S2. The van der Waals surface area contributed by atoms with Crippen LogP contribution in [0.2, 0.25) is 0 Å². The molecule has 0 saturated heterocycles. The van der Waals surface area contributed by atoms with Gasteiger partial charge in [0.25, 0.3) is 0 Å². The largest absolute Gasteiger partial charge is 0.308 e. The van der Waals surface area contributed by atoms with E-state index in [9.17, 15) is 0 Å². The number of aromatic nitrogens is 3. The van der Waals surface area contributed by atoms with Crippen molar-refractivity contribution in [1.29, 1.82) is 0 Å². The summed E-state index contributed by atoms with van der Waals surface area (Å²) in [6, 6.07) is 89.1. The Hall–Kier alpha value is -8.74. The van der Waals surface area contributed by atoms with Crippen LogP contribution in [0.5, 0.6) is 0 Å². The molecule has 5 aromatic heterocycles. The van der Waals surface area contributed by atoms with Crippen molar-refractivity contribution >= 4 is 128 Å². The molecule has 16 rings (SSSR count). The summed E-state index contributed by atoms with van der Waals surface area (Å²) in [5, 5.41) is 12.7. The van der Waals surface area contributed by atoms with Gasteiger partial charge in [0.1, 0.15) is 0 Å². The highest BCUT2D eigenvalue weighted by atomic mass is 32.1. The van der Waals surface area contributed by atoms with Crippen LogP contribution in [-0.4, -0.2) is 13.7 Å². The van der Waals surface area contributed by atoms with Gasteiger partial charge in [0.05, 0.1) is 64.3 Å². The molecule has 16 aromatic rings. The van der Waals surface area contributed by atoms with E-state index in [0.717, 1.165) is 0 Å². The van der Waals surface area contributed by atoms with E-state index in [1.54, 1.807) is 0 Å². The first-order valence-electron chi connectivity index (χ1n) is 24.6. The molecule has 5 heteroatoms. The van der Waals surface area contributed by atoms with Gasteiger partial charge in [-0.05, 0) is 90.8 Å². The molecule has 0 N–H and O–H groups in total. The third-order valence-corrected chi connectivity index (χ3v) is 17.2. The van der Waals surface area contributed by atoms with Gasteiger partial charge in [-0.3, -0.25) is 0 Å². The van der Waals surface area contributed by atoms with Crippen molar-refractivity contribution < 1.29 is 0 Å². The van der Waals surface area contributed by atoms with Gasteiger partial charge in [-0.1, -0.05) is 175 Å². The molecule has 338 valence electrons. The van der Waals surface area contributed by atoms with Crippen LogP contribution in [0.1, 0.15) is 5.56 Å². The Bertz CT molecular complexity index is 4670. The van der Waals surface area contributed by atoms with E-state index in [4.69, 9.17) is 0 Å². The van der Waals surface area contributed by atoms with Crippen LogP contribution in [0, 0.1) is 6.92 Å². The molecule has 3 nitrogen and oxygen atoms in total. The van der Waals surface area contributed by atoms with Crippen LogP contribution in [0.3, 0.4) is 0 Å². The second-order valence-electron chi connectivity index (χ2n) is 18.9. The van der Waals surface area contributed by atoms with Gasteiger partial charge in [0, 0.05) is 58.6 Å². The topological polar surface area (TPSA) is 14.8 Å². The number of thiophene rings is 2. The molecule has 5 heterocycles. The molecular weight excluding hydrogens is 911 g/mol. The number of para-hydroxylation sites is 6. The summed E-state index contributed by atoms with van der Waals surface area (Å²) in [5.74, 6) is 0. The molecule has 0 radical (unpaired) electrons. The minimum absolute atomic E-state index is 1.20. The average molecular weight is 954 g/mol. The van der Waals surface area contributed by atoms with E-state index in [-0.39, 0.29) is 0 Å². The lowest BCUT2D eigenvalue weighted by molar-refractivity contribution is 1.20. The van der Waals surface area contributed by atoms with Gasteiger partial charge in [-0.25, -0.2) is 0 Å². The standard InChI is InChI=1S/C60H35N3S2.C7H8/c1-7-23-48-38(15-1)39-16-2-8-24-49(39)61(48)54-29-13-21-44-46-33-36(31-32-57(46)64-58(44)54)37-34-47-45-22-14-30-55(62-50-25-9-3-17-40(50)41-18-4-10-26-51(41)62)59(45)65-60(47)56(35-37)63-52-27-11-5-19-42(52)43-20-6-12-28-53(43)63;1-7-5-3-2-4-6-7/h1-35H;2-6H,1H3. The number of aryl methyl sites for hydroxylation is 1. The van der Waals surface area contributed by atoms with Gasteiger partial charge in [-0.2, -0.15) is 0 Å². The Morgan fingerprint density at radius 2 is 0.611 bits per heavy atom. The van der Waals surface area contributed by atoms with E-state index in [2.05, 4.69) is 245 Å². The van der Waals surface area contributed by atoms with Gasteiger partial charge in [-0.15, -0.1) is 22.7 Å². The molecule has 0 saturated carbocycles. The maximum atomic E-state index is 2.52. The van der Waals surface area contributed by atoms with E-state index >= 15 is 0 Å². The highest BCUT2D eigenvalue weighted by Gasteiger charge is 2.22. The van der Waals surface area contributed by atoms with Gasteiger partial charge >= 0.3 is 0 Å². The van der Waals surface area contributed by atoms with Crippen molar-refractivity contribution in [1.82, 2.24) is 13.7 Å². The third kappa shape index (κ3) is 6.15. The number of hydrogen-bond donors (Lipinski definition) is 0. The Kier molecular flexibility index (Phi) is 9.22. The zero-order chi connectivity index (χ0) is 47.4. The van der Waals surface area contributed by atoms with Crippen LogP contribution in [0.15, 0.2) is 243 Å². The maximum absolute atomic E-state index is 2.52. The van der Waals surface area contributed by atoms with E-state index < -0.39 is 0 Å². The Labute approximate surface area is 422 Å². The molecule has 0 aliphatic heterocycles. The third-order valence-electron chi connectivity index (χ3n) is 14.8. The molecule has 0 bridgehead atoms. The summed E-state index contributed by atoms with van der Waals surface area (Å²) in [7, 11) is 0. The van der Waals surface area contributed by atoms with Crippen molar-refractivity contribution in [3.63, 3.8) is 0 Å². The summed E-state index contributed by atoms with van der Waals surface area (Å²) >= 11 is 3.81. The van der Waals surface area contributed by atoms with E-state index in [0.29, 0.717) is 0 Å².